The van der Waals surface area contributed by atoms with Crippen molar-refractivity contribution in [2.45, 2.75) is 0 Å². The van der Waals surface area contributed by atoms with Crippen LogP contribution in [0.2, 0.25) is 5.02 Å². The minimum absolute atomic E-state index is 0.0567. The summed E-state index contributed by atoms with van der Waals surface area (Å²) in [6, 6.07) is 10.5. The van der Waals surface area contributed by atoms with Crippen LogP contribution in [0.3, 0.4) is 0 Å². The molecule has 0 radical (unpaired) electrons. The van der Waals surface area contributed by atoms with Crippen LogP contribution in [0, 0.1) is 5.82 Å². The van der Waals surface area contributed by atoms with Crippen LogP contribution in [-0.4, -0.2) is 5.91 Å². The third-order valence-electron chi connectivity index (χ3n) is 2.36. The van der Waals surface area contributed by atoms with Crippen LogP contribution in [0.25, 0.3) is 0 Å². The highest BCUT2D eigenvalue weighted by Gasteiger charge is 2.08. The van der Waals surface area contributed by atoms with Gasteiger partial charge in [0, 0.05) is 16.3 Å². The van der Waals surface area contributed by atoms with E-state index in [0.29, 0.717) is 16.3 Å². The average Bonchev–Trinajstić information content (AvgIpc) is 2.35. The lowest BCUT2D eigenvalue weighted by atomic mass is 10.2. The minimum atomic E-state index is -0.543. The van der Waals surface area contributed by atoms with Crippen molar-refractivity contribution < 1.29 is 9.18 Å². The molecule has 2 aromatic carbocycles. The van der Waals surface area contributed by atoms with Gasteiger partial charge in [0.25, 0.3) is 5.91 Å². The highest BCUT2D eigenvalue weighted by molar-refractivity contribution is 6.30. The van der Waals surface area contributed by atoms with Gasteiger partial charge in [0.2, 0.25) is 0 Å². The van der Waals surface area contributed by atoms with E-state index in [1.54, 1.807) is 24.3 Å². The van der Waals surface area contributed by atoms with Gasteiger partial charge in [-0.3, -0.25) is 4.79 Å². The molecular formula is C13H10ClFN2O. The van der Waals surface area contributed by atoms with Crippen molar-refractivity contribution in [3.8, 4) is 0 Å². The van der Waals surface area contributed by atoms with Gasteiger partial charge >= 0.3 is 0 Å². The molecule has 0 heterocycles. The molecule has 0 aliphatic carbocycles. The van der Waals surface area contributed by atoms with E-state index in [9.17, 15) is 9.18 Å². The molecule has 0 bridgehead atoms. The smallest absolute Gasteiger partial charge is 0.255 e. The maximum atomic E-state index is 13.0. The number of carbonyl (C=O) groups excluding carboxylic acids is 1. The first-order valence-electron chi connectivity index (χ1n) is 5.18. The number of benzene rings is 2. The van der Waals surface area contributed by atoms with Crippen LogP contribution in [0.1, 0.15) is 10.4 Å². The third kappa shape index (κ3) is 2.78. The number of rotatable bonds is 2. The molecule has 0 aromatic heterocycles. The molecule has 0 fully saturated rings. The number of nitrogen functional groups attached to an aromatic ring is 1. The van der Waals surface area contributed by atoms with Crippen LogP contribution >= 0.6 is 11.6 Å². The molecule has 0 aliphatic rings. The lowest BCUT2D eigenvalue weighted by molar-refractivity contribution is 0.102. The molecule has 0 spiro atoms. The second-order valence-electron chi connectivity index (χ2n) is 3.70. The van der Waals surface area contributed by atoms with Crippen molar-refractivity contribution in [1.29, 1.82) is 0 Å². The van der Waals surface area contributed by atoms with Gasteiger partial charge in [0.15, 0.2) is 0 Å². The van der Waals surface area contributed by atoms with Crippen molar-refractivity contribution >= 4 is 28.9 Å². The zero-order valence-corrected chi connectivity index (χ0v) is 10.0. The summed E-state index contributed by atoms with van der Waals surface area (Å²) >= 11 is 5.73. The Hall–Kier alpha value is -2.07. The highest BCUT2D eigenvalue weighted by Crippen LogP contribution is 2.16. The van der Waals surface area contributed by atoms with E-state index in [0.717, 1.165) is 6.07 Å². The fourth-order valence-corrected chi connectivity index (χ4v) is 1.55. The third-order valence-corrected chi connectivity index (χ3v) is 2.61. The van der Waals surface area contributed by atoms with E-state index in [4.69, 9.17) is 17.3 Å². The molecule has 0 aliphatic heterocycles. The summed E-state index contributed by atoms with van der Waals surface area (Å²) in [6.45, 7) is 0. The van der Waals surface area contributed by atoms with E-state index in [1.165, 1.54) is 12.1 Å². The SMILES string of the molecule is Nc1cc(C(=O)Nc2ccc(Cl)cc2)ccc1F. The predicted molar refractivity (Wildman–Crippen MR) is 70.2 cm³/mol. The van der Waals surface area contributed by atoms with Gasteiger partial charge in [-0.1, -0.05) is 11.6 Å². The van der Waals surface area contributed by atoms with Gasteiger partial charge in [-0.25, -0.2) is 4.39 Å². The first kappa shape index (κ1) is 12.4. The second-order valence-corrected chi connectivity index (χ2v) is 4.13. The van der Waals surface area contributed by atoms with Gasteiger partial charge in [-0.2, -0.15) is 0 Å². The van der Waals surface area contributed by atoms with E-state index in [2.05, 4.69) is 5.32 Å². The zero-order chi connectivity index (χ0) is 13.1. The van der Waals surface area contributed by atoms with Crippen LogP contribution in [-0.2, 0) is 0 Å². The summed E-state index contributed by atoms with van der Waals surface area (Å²) in [5, 5.41) is 3.24. The number of hydrogen-bond acceptors (Lipinski definition) is 2. The Morgan fingerprint density at radius 1 is 1.17 bits per heavy atom. The second kappa shape index (κ2) is 5.06. The largest absolute Gasteiger partial charge is 0.396 e. The molecule has 3 N–H and O–H groups in total. The van der Waals surface area contributed by atoms with Crippen LogP contribution < -0.4 is 11.1 Å². The monoisotopic (exact) mass is 264 g/mol. The van der Waals surface area contributed by atoms with Crippen molar-refractivity contribution in [2.24, 2.45) is 0 Å². The predicted octanol–water partition coefficient (Wildman–Crippen LogP) is 3.31. The maximum Gasteiger partial charge on any atom is 0.255 e. The van der Waals surface area contributed by atoms with E-state index in [1.807, 2.05) is 0 Å². The minimum Gasteiger partial charge on any atom is -0.396 e. The number of anilines is 2. The zero-order valence-electron chi connectivity index (χ0n) is 9.28. The van der Waals surface area contributed by atoms with Crippen LogP contribution in [0.15, 0.2) is 42.5 Å². The molecule has 92 valence electrons. The first-order valence-corrected chi connectivity index (χ1v) is 5.56. The number of hydrogen-bond donors (Lipinski definition) is 2. The van der Waals surface area contributed by atoms with Crippen molar-refractivity contribution in [2.75, 3.05) is 11.1 Å². The fraction of sp³-hybridized carbons (Fsp3) is 0. The van der Waals surface area contributed by atoms with Crippen molar-refractivity contribution in [1.82, 2.24) is 0 Å². The molecule has 5 heteroatoms. The molecule has 0 atom stereocenters. The summed E-state index contributed by atoms with van der Waals surface area (Å²) < 4.78 is 13.0. The molecule has 3 nitrogen and oxygen atoms in total. The molecule has 1 amide bonds. The number of nitrogens with two attached hydrogens (primary N) is 1. The molecule has 18 heavy (non-hydrogen) atoms. The summed E-state index contributed by atoms with van der Waals surface area (Å²) in [5.74, 6) is -0.901. The fourth-order valence-electron chi connectivity index (χ4n) is 1.42. The van der Waals surface area contributed by atoms with Gasteiger partial charge in [0.1, 0.15) is 5.82 Å². The van der Waals surface area contributed by atoms with Gasteiger partial charge in [-0.15, -0.1) is 0 Å². The lowest BCUT2D eigenvalue weighted by Gasteiger charge is -2.06. The molecule has 2 rings (SSSR count). The standard InChI is InChI=1S/C13H10ClFN2O/c14-9-2-4-10(5-3-9)17-13(18)8-1-6-11(15)12(16)7-8/h1-7H,16H2,(H,17,18). The molecular weight excluding hydrogens is 255 g/mol. The Bertz CT molecular complexity index is 584. The molecule has 0 saturated carbocycles. The Morgan fingerprint density at radius 2 is 1.83 bits per heavy atom. The number of nitrogens with one attached hydrogen (secondary N) is 1. The van der Waals surface area contributed by atoms with Crippen molar-refractivity contribution in [3.05, 3.63) is 58.9 Å². The summed E-state index contributed by atoms with van der Waals surface area (Å²) in [6.07, 6.45) is 0. The quantitative estimate of drug-likeness (QED) is 0.818. The average molecular weight is 265 g/mol. The Balaban J connectivity index is 2.16. The number of amides is 1. The number of carbonyl (C=O) groups is 1. The van der Waals surface area contributed by atoms with Crippen LogP contribution in [0.4, 0.5) is 15.8 Å². The Kier molecular flexibility index (Phi) is 3.48. The van der Waals surface area contributed by atoms with E-state index >= 15 is 0 Å². The molecule has 2 aromatic rings. The van der Waals surface area contributed by atoms with Gasteiger partial charge in [-0.05, 0) is 42.5 Å². The summed E-state index contributed by atoms with van der Waals surface area (Å²) in [4.78, 5) is 11.8. The normalized spacial score (nSPS) is 10.1. The Labute approximate surface area is 108 Å². The first-order chi connectivity index (χ1) is 8.56. The molecule has 0 unspecified atom stereocenters. The maximum absolute atomic E-state index is 13.0. The van der Waals surface area contributed by atoms with E-state index < -0.39 is 5.82 Å². The molecule has 0 saturated heterocycles. The summed E-state index contributed by atoms with van der Waals surface area (Å²) in [5.41, 5.74) is 6.24. The van der Waals surface area contributed by atoms with Crippen molar-refractivity contribution in [3.63, 3.8) is 0 Å². The topological polar surface area (TPSA) is 55.1 Å². The summed E-state index contributed by atoms with van der Waals surface area (Å²) in [7, 11) is 0. The van der Waals surface area contributed by atoms with Crippen LogP contribution in [0.5, 0.6) is 0 Å². The highest BCUT2D eigenvalue weighted by atomic mass is 35.5. The van der Waals surface area contributed by atoms with Gasteiger partial charge in [0.05, 0.1) is 5.69 Å². The lowest BCUT2D eigenvalue weighted by Crippen LogP contribution is -2.12. The number of halogens is 2. The van der Waals surface area contributed by atoms with Gasteiger partial charge < -0.3 is 11.1 Å². The van der Waals surface area contributed by atoms with E-state index in [-0.39, 0.29) is 11.6 Å². The Morgan fingerprint density at radius 3 is 2.44 bits per heavy atom.